The first kappa shape index (κ1) is 11.1. The highest BCUT2D eigenvalue weighted by molar-refractivity contribution is 5.64. The second kappa shape index (κ2) is 3.64. The number of aldehydes is 1. The molecule has 6 heteroatoms. The van der Waals surface area contributed by atoms with Crippen molar-refractivity contribution < 1.29 is 26.7 Å². The van der Waals surface area contributed by atoms with Crippen molar-refractivity contribution in [3.8, 4) is 0 Å². The van der Waals surface area contributed by atoms with Crippen molar-refractivity contribution in [3.63, 3.8) is 0 Å². The number of allylic oxidation sites excluding steroid dienone is 2. The van der Waals surface area contributed by atoms with E-state index in [1.165, 1.54) is 0 Å². The number of rotatable bonds is 3. The van der Waals surface area contributed by atoms with Gasteiger partial charge in [-0.05, 0) is 6.08 Å². The lowest BCUT2D eigenvalue weighted by atomic mass is 10.2. The maximum Gasteiger partial charge on any atom is 0.453 e. The largest absolute Gasteiger partial charge is 0.453 e. The Morgan fingerprint density at radius 1 is 1.08 bits per heavy atom. The van der Waals surface area contributed by atoms with Crippen LogP contribution in [0.15, 0.2) is 12.2 Å². The van der Waals surface area contributed by atoms with Crippen molar-refractivity contribution in [1.82, 2.24) is 0 Å². The Labute approximate surface area is 64.9 Å². The molecule has 0 aliphatic rings. The summed E-state index contributed by atoms with van der Waals surface area (Å²) in [6.45, 7) is 0. The van der Waals surface area contributed by atoms with Crippen LogP contribution < -0.4 is 0 Å². The monoisotopic (exact) mass is 188 g/mol. The van der Waals surface area contributed by atoms with Gasteiger partial charge >= 0.3 is 12.1 Å². The second-order valence-electron chi connectivity index (χ2n) is 1.97. The van der Waals surface area contributed by atoms with E-state index in [-0.39, 0.29) is 6.29 Å². The fourth-order valence-corrected chi connectivity index (χ4v) is 0.387. The summed E-state index contributed by atoms with van der Waals surface area (Å²) >= 11 is 0. The van der Waals surface area contributed by atoms with E-state index in [2.05, 4.69) is 0 Å². The SMILES string of the molecule is O=C/C=C/CC(F)(F)C(F)(F)F. The Kier molecular flexibility index (Phi) is 3.36. The van der Waals surface area contributed by atoms with Crippen LogP contribution in [0.5, 0.6) is 0 Å². The standard InChI is InChI=1S/C6H5F5O/c7-5(8,6(9,10)11)3-1-2-4-12/h1-2,4H,3H2/b2-1+. The summed E-state index contributed by atoms with van der Waals surface area (Å²) in [4.78, 5) is 9.53. The third-order valence-corrected chi connectivity index (χ3v) is 1.00. The van der Waals surface area contributed by atoms with Crippen LogP contribution in [0.2, 0.25) is 0 Å². The highest BCUT2D eigenvalue weighted by atomic mass is 19.4. The van der Waals surface area contributed by atoms with Gasteiger partial charge in [0, 0.05) is 6.42 Å². The van der Waals surface area contributed by atoms with Crippen LogP contribution in [0.25, 0.3) is 0 Å². The summed E-state index contributed by atoms with van der Waals surface area (Å²) in [5, 5.41) is 0. The van der Waals surface area contributed by atoms with Crippen molar-refractivity contribution in [2.45, 2.75) is 18.5 Å². The molecule has 0 saturated carbocycles. The molecule has 0 aromatic carbocycles. The Hall–Kier alpha value is -0.940. The minimum atomic E-state index is -5.56. The van der Waals surface area contributed by atoms with E-state index in [4.69, 9.17) is 0 Å². The molecule has 0 aliphatic heterocycles. The van der Waals surface area contributed by atoms with Crippen molar-refractivity contribution in [1.29, 1.82) is 0 Å². The first-order valence-corrected chi connectivity index (χ1v) is 2.86. The molecule has 0 amide bonds. The summed E-state index contributed by atoms with van der Waals surface area (Å²) in [7, 11) is 0. The average molecular weight is 188 g/mol. The van der Waals surface area contributed by atoms with Crippen LogP contribution in [0, 0.1) is 0 Å². The smallest absolute Gasteiger partial charge is 0.299 e. The van der Waals surface area contributed by atoms with Gasteiger partial charge in [0.2, 0.25) is 0 Å². The molecule has 0 rings (SSSR count). The number of carbonyl (C=O) groups excluding carboxylic acids is 1. The number of alkyl halides is 5. The van der Waals surface area contributed by atoms with Crippen LogP contribution >= 0.6 is 0 Å². The molecule has 0 atom stereocenters. The van der Waals surface area contributed by atoms with Crippen molar-refractivity contribution >= 4 is 6.29 Å². The second-order valence-corrected chi connectivity index (χ2v) is 1.97. The molecule has 0 aromatic heterocycles. The Bertz CT molecular complexity index is 181. The van der Waals surface area contributed by atoms with E-state index >= 15 is 0 Å². The molecule has 0 unspecified atom stereocenters. The van der Waals surface area contributed by atoms with Gasteiger partial charge in [0.05, 0.1) is 0 Å². The van der Waals surface area contributed by atoms with E-state index < -0.39 is 18.5 Å². The maximum atomic E-state index is 12.0. The fraction of sp³-hybridized carbons (Fsp3) is 0.500. The first-order valence-electron chi connectivity index (χ1n) is 2.86. The lowest BCUT2D eigenvalue weighted by Gasteiger charge is -2.17. The number of hydrogen-bond acceptors (Lipinski definition) is 1. The Balaban J connectivity index is 4.23. The molecular weight excluding hydrogens is 183 g/mol. The average Bonchev–Trinajstić information content (AvgIpc) is 1.85. The summed E-state index contributed by atoms with van der Waals surface area (Å²) < 4.78 is 58.1. The van der Waals surface area contributed by atoms with Gasteiger partial charge in [-0.1, -0.05) is 6.08 Å². The van der Waals surface area contributed by atoms with Gasteiger partial charge in [-0.15, -0.1) is 0 Å². The number of carbonyl (C=O) groups is 1. The van der Waals surface area contributed by atoms with Gasteiger partial charge in [-0.2, -0.15) is 22.0 Å². The lowest BCUT2D eigenvalue weighted by Crippen LogP contribution is -2.35. The third-order valence-electron chi connectivity index (χ3n) is 1.00. The molecule has 0 bridgehead atoms. The van der Waals surface area contributed by atoms with Crippen molar-refractivity contribution in [2.24, 2.45) is 0 Å². The van der Waals surface area contributed by atoms with Crippen molar-refractivity contribution in [3.05, 3.63) is 12.2 Å². The molecule has 0 aliphatic carbocycles. The van der Waals surface area contributed by atoms with E-state index in [1.807, 2.05) is 0 Å². The van der Waals surface area contributed by atoms with Crippen LogP contribution in [0.4, 0.5) is 22.0 Å². The molecule has 0 fully saturated rings. The molecule has 0 N–H and O–H groups in total. The minimum absolute atomic E-state index is 0.131. The molecule has 0 radical (unpaired) electrons. The van der Waals surface area contributed by atoms with E-state index in [0.717, 1.165) is 0 Å². The number of halogens is 5. The topological polar surface area (TPSA) is 17.1 Å². The zero-order chi connectivity index (χ0) is 9.83. The third kappa shape index (κ3) is 2.98. The fourth-order valence-electron chi connectivity index (χ4n) is 0.387. The molecule has 70 valence electrons. The highest BCUT2D eigenvalue weighted by Gasteiger charge is 2.56. The molecule has 1 nitrogen and oxygen atoms in total. The normalized spacial score (nSPS) is 13.8. The summed E-state index contributed by atoms with van der Waals surface area (Å²) in [5.74, 6) is -4.76. The van der Waals surface area contributed by atoms with E-state index in [9.17, 15) is 26.7 Å². The maximum absolute atomic E-state index is 12.0. The zero-order valence-corrected chi connectivity index (χ0v) is 5.74. The van der Waals surface area contributed by atoms with Crippen LogP contribution in [0.1, 0.15) is 6.42 Å². The molecular formula is C6H5F5O. The molecule has 0 spiro atoms. The van der Waals surface area contributed by atoms with Crippen LogP contribution in [-0.2, 0) is 4.79 Å². The van der Waals surface area contributed by atoms with Crippen LogP contribution in [-0.4, -0.2) is 18.4 Å². The summed E-state index contributed by atoms with van der Waals surface area (Å²) in [5.41, 5.74) is 0. The summed E-state index contributed by atoms with van der Waals surface area (Å²) in [6, 6.07) is 0. The summed E-state index contributed by atoms with van der Waals surface area (Å²) in [6.07, 6.45) is -5.86. The number of hydrogen-bond donors (Lipinski definition) is 0. The van der Waals surface area contributed by atoms with Gasteiger partial charge in [0.1, 0.15) is 6.29 Å². The van der Waals surface area contributed by atoms with E-state index in [0.29, 0.717) is 12.2 Å². The zero-order valence-electron chi connectivity index (χ0n) is 5.74. The highest BCUT2D eigenvalue weighted by Crippen LogP contribution is 2.38. The van der Waals surface area contributed by atoms with Gasteiger partial charge in [0.25, 0.3) is 0 Å². The predicted molar refractivity (Wildman–Crippen MR) is 30.8 cm³/mol. The van der Waals surface area contributed by atoms with E-state index in [1.54, 1.807) is 0 Å². The molecule has 0 aromatic rings. The first-order chi connectivity index (χ1) is 5.31. The predicted octanol–water partition coefficient (Wildman–Crippen LogP) is 2.33. The molecule has 0 heterocycles. The lowest BCUT2D eigenvalue weighted by molar-refractivity contribution is -0.280. The Morgan fingerprint density at radius 2 is 1.58 bits per heavy atom. The molecule has 0 saturated heterocycles. The van der Waals surface area contributed by atoms with Gasteiger partial charge in [-0.3, -0.25) is 4.79 Å². The van der Waals surface area contributed by atoms with Crippen LogP contribution in [0.3, 0.4) is 0 Å². The molecule has 12 heavy (non-hydrogen) atoms. The van der Waals surface area contributed by atoms with Gasteiger partial charge in [0.15, 0.2) is 0 Å². The van der Waals surface area contributed by atoms with Crippen molar-refractivity contribution in [2.75, 3.05) is 0 Å². The minimum Gasteiger partial charge on any atom is -0.299 e. The quantitative estimate of drug-likeness (QED) is 0.377. The van der Waals surface area contributed by atoms with Gasteiger partial charge < -0.3 is 0 Å². The Morgan fingerprint density at radius 3 is 1.92 bits per heavy atom. The van der Waals surface area contributed by atoms with Gasteiger partial charge in [-0.25, -0.2) is 0 Å².